The topological polar surface area (TPSA) is 62.4 Å². The molecule has 0 spiro atoms. The quantitative estimate of drug-likeness (QED) is 0.489. The monoisotopic (exact) mass is 364 g/mol. The van der Waals surface area contributed by atoms with Gasteiger partial charge in [0.05, 0.1) is 20.1 Å². The van der Waals surface area contributed by atoms with E-state index in [-0.39, 0.29) is 24.7 Å². The van der Waals surface area contributed by atoms with Gasteiger partial charge in [0.25, 0.3) is 0 Å². The number of nitrogens with one attached hydrogen (secondary N) is 1. The SMILES string of the molecule is COC(=O)CCN(CC(=O)c1c(C)[nH]c2ccccc12)Cc1ccccc1. The van der Waals surface area contributed by atoms with Crippen LogP contribution in [0, 0.1) is 6.92 Å². The van der Waals surface area contributed by atoms with Crippen molar-refractivity contribution in [1.82, 2.24) is 9.88 Å². The molecule has 27 heavy (non-hydrogen) atoms. The van der Waals surface area contributed by atoms with E-state index >= 15 is 0 Å². The van der Waals surface area contributed by atoms with Crippen LogP contribution in [0.4, 0.5) is 0 Å². The van der Waals surface area contributed by atoms with Crippen molar-refractivity contribution >= 4 is 22.7 Å². The molecule has 0 saturated heterocycles. The van der Waals surface area contributed by atoms with Gasteiger partial charge in [0, 0.05) is 35.2 Å². The van der Waals surface area contributed by atoms with Gasteiger partial charge >= 0.3 is 5.97 Å². The molecule has 0 atom stereocenters. The van der Waals surface area contributed by atoms with Gasteiger partial charge in [0.15, 0.2) is 5.78 Å². The highest BCUT2D eigenvalue weighted by atomic mass is 16.5. The largest absolute Gasteiger partial charge is 0.469 e. The van der Waals surface area contributed by atoms with Crippen molar-refractivity contribution in [2.45, 2.75) is 19.9 Å². The molecule has 0 fully saturated rings. The van der Waals surface area contributed by atoms with E-state index in [9.17, 15) is 9.59 Å². The third-order valence-corrected chi connectivity index (χ3v) is 4.65. The number of para-hydroxylation sites is 1. The molecule has 3 aromatic rings. The van der Waals surface area contributed by atoms with E-state index in [1.165, 1.54) is 7.11 Å². The number of aryl methyl sites for hydroxylation is 1. The van der Waals surface area contributed by atoms with Crippen molar-refractivity contribution < 1.29 is 14.3 Å². The van der Waals surface area contributed by atoms with Gasteiger partial charge in [0.2, 0.25) is 0 Å². The maximum Gasteiger partial charge on any atom is 0.306 e. The van der Waals surface area contributed by atoms with Crippen LogP contribution in [0.25, 0.3) is 10.9 Å². The highest BCUT2D eigenvalue weighted by molar-refractivity contribution is 6.10. The van der Waals surface area contributed by atoms with Crippen molar-refractivity contribution in [3.8, 4) is 0 Å². The maximum absolute atomic E-state index is 13.1. The number of esters is 1. The number of aromatic amines is 1. The molecular formula is C22H24N2O3. The number of rotatable bonds is 8. The van der Waals surface area contributed by atoms with E-state index in [2.05, 4.69) is 4.98 Å². The summed E-state index contributed by atoms with van der Waals surface area (Å²) in [5.41, 5.74) is 3.66. The van der Waals surface area contributed by atoms with E-state index in [1.807, 2.05) is 66.4 Å². The lowest BCUT2D eigenvalue weighted by molar-refractivity contribution is -0.141. The highest BCUT2D eigenvalue weighted by Crippen LogP contribution is 2.23. The maximum atomic E-state index is 13.1. The Morgan fingerprint density at radius 2 is 1.74 bits per heavy atom. The third kappa shape index (κ3) is 4.63. The highest BCUT2D eigenvalue weighted by Gasteiger charge is 2.19. The van der Waals surface area contributed by atoms with Gasteiger partial charge in [-0.05, 0) is 18.6 Å². The summed E-state index contributed by atoms with van der Waals surface area (Å²) < 4.78 is 4.75. The standard InChI is InChI=1S/C22H24N2O3/c1-16-22(18-10-6-7-11-19(18)23-16)20(25)15-24(13-12-21(26)27-2)14-17-8-4-3-5-9-17/h3-11,23H,12-15H2,1-2H3. The van der Waals surface area contributed by atoms with Gasteiger partial charge < -0.3 is 9.72 Å². The van der Waals surface area contributed by atoms with E-state index in [0.717, 1.165) is 27.7 Å². The summed E-state index contributed by atoms with van der Waals surface area (Å²) in [5.74, 6) is -0.227. The number of aromatic nitrogens is 1. The number of ether oxygens (including phenoxy) is 1. The molecule has 5 nitrogen and oxygen atoms in total. The Morgan fingerprint density at radius 3 is 2.48 bits per heavy atom. The lowest BCUT2D eigenvalue weighted by atomic mass is 10.1. The van der Waals surface area contributed by atoms with Crippen LogP contribution in [0.1, 0.15) is 28.0 Å². The zero-order valence-electron chi connectivity index (χ0n) is 15.7. The minimum atomic E-state index is -0.274. The predicted molar refractivity (Wildman–Crippen MR) is 106 cm³/mol. The summed E-state index contributed by atoms with van der Waals surface area (Å²) in [4.78, 5) is 29.9. The van der Waals surface area contributed by atoms with Crippen LogP contribution in [0.3, 0.4) is 0 Å². The number of methoxy groups -OCH3 is 1. The molecule has 0 saturated carbocycles. The number of hydrogen-bond acceptors (Lipinski definition) is 4. The minimum Gasteiger partial charge on any atom is -0.469 e. The molecule has 0 bridgehead atoms. The van der Waals surface area contributed by atoms with Gasteiger partial charge in [-0.1, -0.05) is 48.5 Å². The van der Waals surface area contributed by atoms with E-state index in [4.69, 9.17) is 4.74 Å². The Balaban J connectivity index is 1.80. The zero-order valence-corrected chi connectivity index (χ0v) is 15.7. The Bertz CT molecular complexity index is 931. The fraction of sp³-hybridized carbons (Fsp3) is 0.273. The molecule has 5 heteroatoms. The van der Waals surface area contributed by atoms with Crippen LogP contribution in [0.15, 0.2) is 54.6 Å². The third-order valence-electron chi connectivity index (χ3n) is 4.65. The van der Waals surface area contributed by atoms with Crippen LogP contribution >= 0.6 is 0 Å². The first-order chi connectivity index (χ1) is 13.1. The lowest BCUT2D eigenvalue weighted by Gasteiger charge is -2.21. The number of carbonyl (C=O) groups is 2. The van der Waals surface area contributed by atoms with Gasteiger partial charge in [0.1, 0.15) is 0 Å². The summed E-state index contributed by atoms with van der Waals surface area (Å²) in [6.07, 6.45) is 0.253. The summed E-state index contributed by atoms with van der Waals surface area (Å²) in [5, 5.41) is 0.938. The van der Waals surface area contributed by atoms with Crippen LogP contribution < -0.4 is 0 Å². The van der Waals surface area contributed by atoms with Crippen molar-refractivity contribution in [3.63, 3.8) is 0 Å². The number of hydrogen-bond donors (Lipinski definition) is 1. The van der Waals surface area contributed by atoms with Gasteiger partial charge in [-0.25, -0.2) is 0 Å². The fourth-order valence-corrected chi connectivity index (χ4v) is 3.33. The van der Waals surface area contributed by atoms with Crippen LogP contribution in [-0.4, -0.2) is 41.8 Å². The van der Waals surface area contributed by atoms with Gasteiger partial charge in [-0.2, -0.15) is 0 Å². The molecule has 0 radical (unpaired) electrons. The number of ketones is 1. The van der Waals surface area contributed by atoms with Crippen molar-refractivity contribution in [2.24, 2.45) is 0 Å². The second-order valence-electron chi connectivity index (χ2n) is 6.62. The predicted octanol–water partition coefficient (Wildman–Crippen LogP) is 3.72. The fourth-order valence-electron chi connectivity index (χ4n) is 3.33. The smallest absolute Gasteiger partial charge is 0.306 e. The van der Waals surface area contributed by atoms with Crippen LogP contribution in [-0.2, 0) is 16.1 Å². The normalized spacial score (nSPS) is 11.1. The molecule has 1 aromatic heterocycles. The van der Waals surface area contributed by atoms with E-state index in [0.29, 0.717) is 13.1 Å². The van der Waals surface area contributed by atoms with Crippen LogP contribution in [0.2, 0.25) is 0 Å². The number of H-pyrrole nitrogens is 1. The summed E-state index contributed by atoms with van der Waals surface area (Å²) >= 11 is 0. The van der Waals surface area contributed by atoms with Gasteiger partial charge in [-0.15, -0.1) is 0 Å². The Labute approximate surface area is 158 Å². The number of benzene rings is 2. The Hall–Kier alpha value is -2.92. The average Bonchev–Trinajstić information content (AvgIpc) is 3.02. The van der Waals surface area contributed by atoms with E-state index < -0.39 is 0 Å². The first kappa shape index (κ1) is 18.9. The molecule has 2 aromatic carbocycles. The number of Topliss-reactive ketones (excluding diaryl/α,β-unsaturated/α-hetero) is 1. The number of fused-ring (bicyclic) bond motifs is 1. The van der Waals surface area contributed by atoms with Gasteiger partial charge in [-0.3, -0.25) is 14.5 Å². The Morgan fingerprint density at radius 1 is 1.04 bits per heavy atom. The molecule has 3 rings (SSSR count). The molecule has 0 aliphatic carbocycles. The number of nitrogens with zero attached hydrogens (tertiary/aromatic N) is 1. The second-order valence-corrected chi connectivity index (χ2v) is 6.62. The zero-order chi connectivity index (χ0) is 19.2. The second kappa shape index (κ2) is 8.64. The van der Waals surface area contributed by atoms with Crippen molar-refractivity contribution in [1.29, 1.82) is 0 Å². The molecule has 0 unspecified atom stereocenters. The molecule has 0 aliphatic rings. The molecular weight excluding hydrogens is 340 g/mol. The first-order valence-corrected chi connectivity index (χ1v) is 9.02. The summed E-state index contributed by atoms with van der Waals surface area (Å²) in [6, 6.07) is 17.8. The Kier molecular flexibility index (Phi) is 6.04. The molecule has 140 valence electrons. The molecule has 0 aliphatic heterocycles. The molecule has 1 heterocycles. The molecule has 0 amide bonds. The average molecular weight is 364 g/mol. The van der Waals surface area contributed by atoms with Crippen molar-refractivity contribution in [3.05, 3.63) is 71.4 Å². The molecule has 1 N–H and O–H groups in total. The van der Waals surface area contributed by atoms with E-state index in [1.54, 1.807) is 0 Å². The summed E-state index contributed by atoms with van der Waals surface area (Å²) in [6.45, 7) is 3.23. The first-order valence-electron chi connectivity index (χ1n) is 9.02. The summed E-state index contributed by atoms with van der Waals surface area (Å²) in [7, 11) is 1.38. The number of carbonyl (C=O) groups excluding carboxylic acids is 2. The van der Waals surface area contributed by atoms with Crippen molar-refractivity contribution in [2.75, 3.05) is 20.2 Å². The van der Waals surface area contributed by atoms with Crippen LogP contribution in [0.5, 0.6) is 0 Å². The lowest BCUT2D eigenvalue weighted by Crippen LogP contribution is -2.32. The minimum absolute atomic E-state index is 0.0470.